The zero-order valence-corrected chi connectivity index (χ0v) is 10.4. The maximum absolute atomic E-state index is 13.8. The fourth-order valence-corrected chi connectivity index (χ4v) is 2.49. The van der Waals surface area contributed by atoms with Crippen LogP contribution in [0.4, 0.5) is 4.39 Å². The van der Waals surface area contributed by atoms with Crippen molar-refractivity contribution in [3.63, 3.8) is 0 Å². The average Bonchev–Trinajstić information content (AvgIpc) is 3.20. The molecule has 0 aliphatic heterocycles. The van der Waals surface area contributed by atoms with E-state index < -0.39 is 0 Å². The van der Waals surface area contributed by atoms with Crippen molar-refractivity contribution in [2.24, 2.45) is 0 Å². The van der Waals surface area contributed by atoms with Crippen molar-refractivity contribution in [3.05, 3.63) is 59.9 Å². The molecule has 0 spiro atoms. The lowest BCUT2D eigenvalue weighted by molar-refractivity contribution is 0.585. The molecule has 0 saturated heterocycles. The summed E-state index contributed by atoms with van der Waals surface area (Å²) in [5, 5.41) is 3.37. The van der Waals surface area contributed by atoms with E-state index in [1.165, 1.54) is 11.6 Å². The first-order chi connectivity index (χ1) is 8.75. The zero-order chi connectivity index (χ0) is 12.6. The third-order valence-corrected chi connectivity index (χ3v) is 3.83. The summed E-state index contributed by atoms with van der Waals surface area (Å²) in [7, 11) is 1.99. The van der Waals surface area contributed by atoms with E-state index in [4.69, 9.17) is 0 Å². The van der Waals surface area contributed by atoms with Crippen molar-refractivity contribution in [1.29, 1.82) is 0 Å². The van der Waals surface area contributed by atoms with Gasteiger partial charge in [0.05, 0.1) is 0 Å². The second-order valence-corrected chi connectivity index (χ2v) is 4.89. The molecule has 18 heavy (non-hydrogen) atoms. The van der Waals surface area contributed by atoms with Crippen molar-refractivity contribution < 1.29 is 4.39 Å². The largest absolute Gasteiger partial charge is 0.310 e. The van der Waals surface area contributed by atoms with Crippen LogP contribution >= 0.6 is 0 Å². The molecule has 2 heteroatoms. The molecule has 0 amide bonds. The Bertz CT molecular complexity index is 573. The topological polar surface area (TPSA) is 12.0 Å². The van der Waals surface area contributed by atoms with E-state index in [1.807, 2.05) is 31.3 Å². The molecule has 2 aromatic rings. The van der Waals surface area contributed by atoms with Gasteiger partial charge < -0.3 is 5.32 Å². The first-order valence-electron chi connectivity index (χ1n) is 6.29. The summed E-state index contributed by atoms with van der Waals surface area (Å²) in [6.07, 6.45) is 2.31. The molecule has 0 aromatic heterocycles. The molecule has 0 atom stereocenters. The second kappa shape index (κ2) is 4.21. The van der Waals surface area contributed by atoms with Gasteiger partial charge in [0.25, 0.3) is 0 Å². The van der Waals surface area contributed by atoms with Crippen molar-refractivity contribution >= 4 is 0 Å². The number of halogens is 1. The van der Waals surface area contributed by atoms with Crippen LogP contribution in [0.5, 0.6) is 0 Å². The van der Waals surface area contributed by atoms with Crippen molar-refractivity contribution in [2.75, 3.05) is 7.05 Å². The highest BCUT2D eigenvalue weighted by Gasteiger charge is 2.42. The van der Waals surface area contributed by atoms with E-state index in [1.54, 1.807) is 6.07 Å². The predicted molar refractivity (Wildman–Crippen MR) is 71.8 cm³/mol. The third-order valence-electron chi connectivity index (χ3n) is 3.83. The molecule has 2 aromatic carbocycles. The highest BCUT2D eigenvalue weighted by molar-refractivity contribution is 5.65. The number of nitrogens with one attached hydrogen (secondary N) is 1. The van der Waals surface area contributed by atoms with Gasteiger partial charge in [-0.25, -0.2) is 4.39 Å². The highest BCUT2D eigenvalue weighted by Crippen LogP contribution is 2.45. The molecule has 1 N–H and O–H groups in total. The molecule has 1 fully saturated rings. The first-order valence-corrected chi connectivity index (χ1v) is 6.29. The van der Waals surface area contributed by atoms with Gasteiger partial charge in [0.1, 0.15) is 5.82 Å². The Kier molecular flexibility index (Phi) is 2.67. The minimum Gasteiger partial charge on any atom is -0.310 e. The summed E-state index contributed by atoms with van der Waals surface area (Å²) in [4.78, 5) is 0. The fraction of sp³-hybridized carbons (Fsp3) is 0.250. The lowest BCUT2D eigenvalue weighted by Crippen LogP contribution is -2.24. The third kappa shape index (κ3) is 1.83. The standard InChI is InChI=1S/C16H16FN/c1-18-16(9-10-16)13-6-4-5-12(11-13)14-7-2-3-8-15(14)17/h2-8,11,18H,9-10H2,1H3. The Hall–Kier alpha value is -1.67. The van der Waals surface area contributed by atoms with Gasteiger partial charge in [-0.1, -0.05) is 36.4 Å². The van der Waals surface area contributed by atoms with Gasteiger partial charge in [-0.2, -0.15) is 0 Å². The quantitative estimate of drug-likeness (QED) is 0.864. The summed E-state index contributed by atoms with van der Waals surface area (Å²) in [6, 6.07) is 15.1. The van der Waals surface area contributed by atoms with Crippen LogP contribution in [0.1, 0.15) is 18.4 Å². The van der Waals surface area contributed by atoms with Crippen LogP contribution in [-0.4, -0.2) is 7.05 Å². The number of rotatable bonds is 3. The second-order valence-electron chi connectivity index (χ2n) is 4.89. The summed E-state index contributed by atoms with van der Waals surface area (Å²) in [6.45, 7) is 0. The van der Waals surface area contributed by atoms with E-state index in [9.17, 15) is 4.39 Å². The fourth-order valence-electron chi connectivity index (χ4n) is 2.49. The van der Waals surface area contributed by atoms with Gasteiger partial charge in [0.15, 0.2) is 0 Å². The van der Waals surface area contributed by atoms with Crippen LogP contribution in [0.25, 0.3) is 11.1 Å². The Morgan fingerprint density at radius 3 is 2.50 bits per heavy atom. The lowest BCUT2D eigenvalue weighted by atomic mass is 9.98. The van der Waals surface area contributed by atoms with Gasteiger partial charge in [0, 0.05) is 11.1 Å². The minimum absolute atomic E-state index is 0.126. The Morgan fingerprint density at radius 2 is 1.83 bits per heavy atom. The Morgan fingerprint density at radius 1 is 1.06 bits per heavy atom. The Labute approximate surface area is 107 Å². The van der Waals surface area contributed by atoms with Gasteiger partial charge in [-0.3, -0.25) is 0 Å². The molecule has 0 unspecified atom stereocenters. The number of hydrogen-bond donors (Lipinski definition) is 1. The maximum atomic E-state index is 13.8. The molecule has 3 rings (SSSR count). The van der Waals surface area contributed by atoms with Gasteiger partial charge in [0.2, 0.25) is 0 Å². The maximum Gasteiger partial charge on any atom is 0.131 e. The van der Waals surface area contributed by atoms with Crippen molar-refractivity contribution in [1.82, 2.24) is 5.32 Å². The average molecular weight is 241 g/mol. The summed E-state index contributed by atoms with van der Waals surface area (Å²) in [5.74, 6) is -0.163. The molecule has 1 aliphatic rings. The number of benzene rings is 2. The van der Waals surface area contributed by atoms with E-state index in [0.717, 1.165) is 18.4 Å². The molecule has 92 valence electrons. The van der Waals surface area contributed by atoms with E-state index in [2.05, 4.69) is 17.4 Å². The normalized spacial score (nSPS) is 16.6. The van der Waals surface area contributed by atoms with Crippen LogP contribution in [0.2, 0.25) is 0 Å². The van der Waals surface area contributed by atoms with Gasteiger partial charge >= 0.3 is 0 Å². The molecular formula is C16H16FN. The highest BCUT2D eigenvalue weighted by atomic mass is 19.1. The Balaban J connectivity index is 2.04. The summed E-state index contributed by atoms with van der Waals surface area (Å²) < 4.78 is 13.8. The number of hydrogen-bond acceptors (Lipinski definition) is 1. The summed E-state index contributed by atoms with van der Waals surface area (Å²) in [5.41, 5.74) is 3.01. The van der Waals surface area contributed by atoms with Gasteiger partial charge in [-0.05, 0) is 43.1 Å². The monoisotopic (exact) mass is 241 g/mol. The zero-order valence-electron chi connectivity index (χ0n) is 10.4. The van der Waals surface area contributed by atoms with Gasteiger partial charge in [-0.15, -0.1) is 0 Å². The lowest BCUT2D eigenvalue weighted by Gasteiger charge is -2.16. The van der Waals surface area contributed by atoms with Crippen LogP contribution in [0.3, 0.4) is 0 Å². The molecule has 0 radical (unpaired) electrons. The SMILES string of the molecule is CNC1(c2cccc(-c3ccccc3F)c2)CC1. The molecule has 0 bridgehead atoms. The molecule has 1 nitrogen and oxygen atoms in total. The predicted octanol–water partition coefficient (Wildman–Crippen LogP) is 3.70. The van der Waals surface area contributed by atoms with Crippen molar-refractivity contribution in [3.8, 4) is 11.1 Å². The molecular weight excluding hydrogens is 225 g/mol. The summed E-state index contributed by atoms with van der Waals surface area (Å²) >= 11 is 0. The van der Waals surface area contributed by atoms with Crippen LogP contribution in [0, 0.1) is 5.82 Å². The molecule has 1 saturated carbocycles. The first kappa shape index (κ1) is 11.4. The van der Waals surface area contributed by atoms with Crippen LogP contribution in [-0.2, 0) is 5.54 Å². The van der Waals surface area contributed by atoms with E-state index >= 15 is 0 Å². The van der Waals surface area contributed by atoms with E-state index in [-0.39, 0.29) is 11.4 Å². The van der Waals surface area contributed by atoms with E-state index in [0.29, 0.717) is 5.56 Å². The molecule has 0 heterocycles. The van der Waals surface area contributed by atoms with Crippen molar-refractivity contribution in [2.45, 2.75) is 18.4 Å². The minimum atomic E-state index is -0.163. The van der Waals surface area contributed by atoms with Crippen LogP contribution in [0.15, 0.2) is 48.5 Å². The van der Waals surface area contributed by atoms with Crippen LogP contribution < -0.4 is 5.32 Å². The molecule has 1 aliphatic carbocycles. The smallest absolute Gasteiger partial charge is 0.131 e.